The van der Waals surface area contributed by atoms with Crippen molar-refractivity contribution in [3.05, 3.63) is 41.1 Å². The molecule has 1 unspecified atom stereocenters. The van der Waals surface area contributed by atoms with Crippen LogP contribution in [0.25, 0.3) is 21.5 Å². The maximum Gasteiger partial charge on any atom is 0.135 e. The second-order valence-corrected chi connectivity index (χ2v) is 5.74. The third-order valence-corrected chi connectivity index (χ3v) is 4.34. The molecule has 2 heterocycles. The van der Waals surface area contributed by atoms with E-state index in [9.17, 15) is 0 Å². The predicted molar refractivity (Wildman–Crippen MR) is 84.2 cm³/mol. The molecule has 104 valence electrons. The number of nitrogens with zero attached hydrogens (tertiary/aromatic N) is 1. The molecule has 0 aliphatic heterocycles. The van der Waals surface area contributed by atoms with Crippen molar-refractivity contribution in [2.45, 2.75) is 26.8 Å². The van der Waals surface area contributed by atoms with Gasteiger partial charge in [-0.2, -0.15) is 0 Å². The number of fused-ring (bicyclic) bond motifs is 1. The molecular formula is C16H18N2OS. The van der Waals surface area contributed by atoms with E-state index in [0.29, 0.717) is 0 Å². The van der Waals surface area contributed by atoms with Gasteiger partial charge in [-0.15, -0.1) is 11.3 Å². The number of hydrogen-bond acceptors (Lipinski definition) is 4. The van der Waals surface area contributed by atoms with Gasteiger partial charge in [-0.25, -0.2) is 4.98 Å². The Bertz CT molecular complexity index is 729. The third-order valence-electron chi connectivity index (χ3n) is 3.46. The molecule has 3 aromatic rings. The summed E-state index contributed by atoms with van der Waals surface area (Å²) in [5.74, 6) is 0.934. The van der Waals surface area contributed by atoms with Crippen LogP contribution in [0.3, 0.4) is 0 Å². The van der Waals surface area contributed by atoms with Gasteiger partial charge in [-0.3, -0.25) is 0 Å². The summed E-state index contributed by atoms with van der Waals surface area (Å²) in [6.45, 7) is 7.20. The molecule has 3 nitrogen and oxygen atoms in total. The Morgan fingerprint density at radius 3 is 2.95 bits per heavy atom. The number of benzene rings is 1. The first kappa shape index (κ1) is 13.3. The van der Waals surface area contributed by atoms with Gasteiger partial charge in [-0.05, 0) is 26.5 Å². The molecule has 0 saturated carbocycles. The van der Waals surface area contributed by atoms with Crippen molar-refractivity contribution in [3.63, 3.8) is 0 Å². The smallest absolute Gasteiger partial charge is 0.135 e. The van der Waals surface area contributed by atoms with Crippen LogP contribution in [0.4, 0.5) is 0 Å². The quantitative estimate of drug-likeness (QED) is 0.765. The van der Waals surface area contributed by atoms with Gasteiger partial charge in [0.05, 0.1) is 11.3 Å². The molecule has 0 saturated heterocycles. The van der Waals surface area contributed by atoms with Crippen LogP contribution in [-0.4, -0.2) is 11.5 Å². The molecule has 3 rings (SSSR count). The number of rotatable bonds is 4. The van der Waals surface area contributed by atoms with Crippen LogP contribution in [0.15, 0.2) is 34.1 Å². The molecule has 1 aromatic carbocycles. The van der Waals surface area contributed by atoms with Crippen molar-refractivity contribution in [1.29, 1.82) is 0 Å². The molecule has 0 aliphatic carbocycles. The van der Waals surface area contributed by atoms with Crippen molar-refractivity contribution < 1.29 is 4.42 Å². The molecule has 4 heteroatoms. The van der Waals surface area contributed by atoms with Crippen LogP contribution in [0, 0.1) is 6.92 Å². The fourth-order valence-corrected chi connectivity index (χ4v) is 3.46. The van der Waals surface area contributed by atoms with Crippen molar-refractivity contribution in [2.75, 3.05) is 6.54 Å². The number of thiazole rings is 1. The molecule has 0 amide bonds. The highest BCUT2D eigenvalue weighted by atomic mass is 32.1. The summed E-state index contributed by atoms with van der Waals surface area (Å²) in [4.78, 5) is 4.78. The normalized spacial score (nSPS) is 12.9. The lowest BCUT2D eigenvalue weighted by molar-refractivity contribution is 0.579. The minimum Gasteiger partial charge on any atom is -0.461 e. The van der Waals surface area contributed by atoms with E-state index in [1.54, 1.807) is 11.3 Å². The highest BCUT2D eigenvalue weighted by Crippen LogP contribution is 2.36. The fraction of sp³-hybridized carbons (Fsp3) is 0.312. The van der Waals surface area contributed by atoms with Gasteiger partial charge >= 0.3 is 0 Å². The minimum absolute atomic E-state index is 0.281. The van der Waals surface area contributed by atoms with E-state index in [2.05, 4.69) is 30.6 Å². The molecule has 1 atom stereocenters. The van der Waals surface area contributed by atoms with E-state index in [4.69, 9.17) is 9.40 Å². The summed E-state index contributed by atoms with van der Waals surface area (Å²) in [5, 5.41) is 7.70. The number of hydrogen-bond donors (Lipinski definition) is 1. The van der Waals surface area contributed by atoms with Gasteiger partial charge in [0, 0.05) is 16.8 Å². The van der Waals surface area contributed by atoms with Gasteiger partial charge in [0.2, 0.25) is 0 Å². The Kier molecular flexibility index (Phi) is 3.59. The Labute approximate surface area is 122 Å². The number of furan rings is 1. The molecule has 1 N–H and O–H groups in total. The SMILES string of the molecule is CCNC(C)c1csc(-c2c(C)oc3ccccc23)n1. The lowest BCUT2D eigenvalue weighted by Gasteiger charge is -2.08. The number of para-hydroxylation sites is 1. The first-order valence-corrected chi connectivity index (χ1v) is 7.76. The van der Waals surface area contributed by atoms with Crippen LogP contribution < -0.4 is 5.32 Å². The van der Waals surface area contributed by atoms with Crippen LogP contribution in [0.1, 0.15) is 31.3 Å². The summed E-state index contributed by atoms with van der Waals surface area (Å²) in [5.41, 5.74) is 3.15. The molecule has 0 bridgehead atoms. The Morgan fingerprint density at radius 2 is 2.15 bits per heavy atom. The van der Waals surface area contributed by atoms with Gasteiger partial charge in [0.1, 0.15) is 16.4 Å². The monoisotopic (exact) mass is 286 g/mol. The summed E-state index contributed by atoms with van der Waals surface area (Å²) in [7, 11) is 0. The fourth-order valence-electron chi connectivity index (χ4n) is 2.44. The summed E-state index contributed by atoms with van der Waals surface area (Å²) in [6, 6.07) is 8.41. The average Bonchev–Trinajstić information content (AvgIpc) is 3.01. The molecule has 0 radical (unpaired) electrons. The topological polar surface area (TPSA) is 38.1 Å². The molecule has 0 fully saturated rings. The Morgan fingerprint density at radius 1 is 1.35 bits per heavy atom. The van der Waals surface area contributed by atoms with Gasteiger partial charge in [-0.1, -0.05) is 25.1 Å². The van der Waals surface area contributed by atoms with Crippen molar-refractivity contribution in [2.24, 2.45) is 0 Å². The molecule has 2 aromatic heterocycles. The van der Waals surface area contributed by atoms with Crippen molar-refractivity contribution >= 4 is 22.3 Å². The number of nitrogens with one attached hydrogen (secondary N) is 1. The second-order valence-electron chi connectivity index (χ2n) is 4.89. The molecule has 20 heavy (non-hydrogen) atoms. The first-order valence-electron chi connectivity index (χ1n) is 6.88. The Balaban J connectivity index is 2.05. The Hall–Kier alpha value is -1.65. The number of aromatic nitrogens is 1. The maximum atomic E-state index is 5.82. The maximum absolute atomic E-state index is 5.82. The highest BCUT2D eigenvalue weighted by molar-refractivity contribution is 7.13. The summed E-state index contributed by atoms with van der Waals surface area (Å²) < 4.78 is 5.82. The number of aryl methyl sites for hydroxylation is 1. The van der Waals surface area contributed by atoms with Gasteiger partial charge < -0.3 is 9.73 Å². The van der Waals surface area contributed by atoms with E-state index >= 15 is 0 Å². The lowest BCUT2D eigenvalue weighted by Crippen LogP contribution is -2.17. The second kappa shape index (κ2) is 5.38. The molecule has 0 spiro atoms. The first-order chi connectivity index (χ1) is 9.70. The zero-order valence-corrected chi connectivity index (χ0v) is 12.8. The third kappa shape index (κ3) is 2.25. The van der Waals surface area contributed by atoms with E-state index in [1.807, 2.05) is 25.1 Å². The van der Waals surface area contributed by atoms with Crippen molar-refractivity contribution in [1.82, 2.24) is 10.3 Å². The predicted octanol–water partition coefficient (Wildman–Crippen LogP) is 4.54. The highest BCUT2D eigenvalue weighted by Gasteiger charge is 2.17. The van der Waals surface area contributed by atoms with Crippen LogP contribution >= 0.6 is 11.3 Å². The zero-order valence-electron chi connectivity index (χ0n) is 11.9. The molecule has 0 aliphatic rings. The average molecular weight is 286 g/mol. The standard InChI is InChI=1S/C16H18N2OS/c1-4-17-10(2)13-9-20-16(18-13)15-11(3)19-14-8-6-5-7-12(14)15/h5-10,17H,4H2,1-3H3. The van der Waals surface area contributed by atoms with Crippen LogP contribution in [-0.2, 0) is 0 Å². The summed E-state index contributed by atoms with van der Waals surface area (Å²) in [6.07, 6.45) is 0. The minimum atomic E-state index is 0.281. The largest absolute Gasteiger partial charge is 0.461 e. The van der Waals surface area contributed by atoms with E-state index in [-0.39, 0.29) is 6.04 Å². The van der Waals surface area contributed by atoms with Crippen LogP contribution in [0.5, 0.6) is 0 Å². The van der Waals surface area contributed by atoms with E-state index in [0.717, 1.165) is 39.5 Å². The zero-order chi connectivity index (χ0) is 14.1. The van der Waals surface area contributed by atoms with Gasteiger partial charge in [0.25, 0.3) is 0 Å². The summed E-state index contributed by atoms with van der Waals surface area (Å²) >= 11 is 1.68. The van der Waals surface area contributed by atoms with E-state index in [1.165, 1.54) is 0 Å². The lowest BCUT2D eigenvalue weighted by atomic mass is 10.1. The van der Waals surface area contributed by atoms with E-state index < -0.39 is 0 Å². The van der Waals surface area contributed by atoms with Crippen molar-refractivity contribution in [3.8, 4) is 10.6 Å². The molecular weight excluding hydrogens is 268 g/mol. The van der Waals surface area contributed by atoms with Gasteiger partial charge in [0.15, 0.2) is 0 Å². The van der Waals surface area contributed by atoms with Crippen LogP contribution in [0.2, 0.25) is 0 Å².